The van der Waals surface area contributed by atoms with E-state index < -0.39 is 0 Å². The molecule has 0 radical (unpaired) electrons. The molecular formula is C10H15N3. The maximum atomic E-state index is 4.27. The summed E-state index contributed by atoms with van der Waals surface area (Å²) in [5.74, 6) is 2.14. The number of nitrogens with one attached hydrogen (secondary N) is 1. The maximum Gasteiger partial charge on any atom is 0.120 e. The van der Waals surface area contributed by atoms with Gasteiger partial charge < -0.3 is 4.98 Å². The molecule has 2 aliphatic rings. The van der Waals surface area contributed by atoms with E-state index in [1.807, 2.05) is 12.4 Å². The van der Waals surface area contributed by atoms with Gasteiger partial charge in [-0.15, -0.1) is 0 Å². The number of aromatic nitrogens is 2. The first-order valence-electron chi connectivity index (χ1n) is 5.16. The van der Waals surface area contributed by atoms with Crippen LogP contribution < -0.4 is 0 Å². The van der Waals surface area contributed by atoms with Gasteiger partial charge in [0.2, 0.25) is 0 Å². The Hall–Kier alpha value is -0.830. The summed E-state index contributed by atoms with van der Waals surface area (Å²) in [6, 6.07) is 0.888. The molecule has 0 unspecified atom stereocenters. The molecular weight excluding hydrogens is 162 g/mol. The molecule has 2 fully saturated rings. The van der Waals surface area contributed by atoms with E-state index in [4.69, 9.17) is 0 Å². The molecule has 3 heteroatoms. The smallest absolute Gasteiger partial charge is 0.120 e. The molecule has 3 rings (SSSR count). The largest absolute Gasteiger partial charge is 0.348 e. The van der Waals surface area contributed by atoms with Crippen molar-refractivity contribution in [2.24, 2.45) is 5.92 Å². The molecule has 0 bridgehead atoms. The van der Waals surface area contributed by atoms with Crippen LogP contribution in [0.15, 0.2) is 12.4 Å². The number of piperidine rings is 1. The Morgan fingerprint density at radius 2 is 2.62 bits per heavy atom. The van der Waals surface area contributed by atoms with Gasteiger partial charge in [0.05, 0.1) is 6.54 Å². The van der Waals surface area contributed by atoms with Crippen molar-refractivity contribution in [1.82, 2.24) is 14.9 Å². The standard InChI is InChI=1S/C10H15N3/c1-2-8-6-9(8)13(5-1)7-10-11-3-4-12-10/h3-4,8-9H,1-2,5-7H2,(H,11,12)/t8-,9+/m1/s1. The van der Waals surface area contributed by atoms with Gasteiger partial charge in [0.1, 0.15) is 5.82 Å². The zero-order valence-corrected chi connectivity index (χ0v) is 7.74. The van der Waals surface area contributed by atoms with E-state index in [2.05, 4.69) is 14.9 Å². The summed E-state index contributed by atoms with van der Waals surface area (Å²) in [4.78, 5) is 10.0. The average molecular weight is 177 g/mol. The minimum Gasteiger partial charge on any atom is -0.348 e. The lowest BCUT2D eigenvalue weighted by atomic mass is 10.1. The van der Waals surface area contributed by atoms with Crippen LogP contribution in [-0.2, 0) is 6.54 Å². The molecule has 1 saturated carbocycles. The molecule has 0 aromatic carbocycles. The number of imidazole rings is 1. The van der Waals surface area contributed by atoms with Gasteiger partial charge in [-0.25, -0.2) is 4.98 Å². The zero-order valence-electron chi connectivity index (χ0n) is 7.74. The van der Waals surface area contributed by atoms with E-state index in [0.717, 1.165) is 24.3 Å². The second-order valence-electron chi connectivity index (χ2n) is 4.21. The van der Waals surface area contributed by atoms with E-state index in [-0.39, 0.29) is 0 Å². The van der Waals surface area contributed by atoms with Crippen molar-refractivity contribution in [3.05, 3.63) is 18.2 Å². The summed E-state index contributed by atoms with van der Waals surface area (Å²) in [5.41, 5.74) is 0. The fraction of sp³-hybridized carbons (Fsp3) is 0.700. The first kappa shape index (κ1) is 7.56. The van der Waals surface area contributed by atoms with Crippen LogP contribution in [-0.4, -0.2) is 27.5 Å². The Kier molecular flexibility index (Phi) is 1.65. The predicted octanol–water partition coefficient (Wildman–Crippen LogP) is 1.39. The highest BCUT2D eigenvalue weighted by atomic mass is 15.2. The van der Waals surface area contributed by atoms with Gasteiger partial charge in [-0.3, -0.25) is 4.90 Å². The van der Waals surface area contributed by atoms with Gasteiger partial charge in [-0.2, -0.15) is 0 Å². The summed E-state index contributed by atoms with van der Waals surface area (Å²) < 4.78 is 0. The van der Waals surface area contributed by atoms with Crippen LogP contribution in [0.2, 0.25) is 0 Å². The first-order valence-corrected chi connectivity index (χ1v) is 5.16. The third-order valence-corrected chi connectivity index (χ3v) is 3.28. The Morgan fingerprint density at radius 1 is 1.62 bits per heavy atom. The quantitative estimate of drug-likeness (QED) is 0.740. The third kappa shape index (κ3) is 1.37. The second kappa shape index (κ2) is 2.84. The molecule has 1 aliphatic heterocycles. The summed E-state index contributed by atoms with van der Waals surface area (Å²) in [6.45, 7) is 2.29. The molecule has 2 atom stereocenters. The monoisotopic (exact) mass is 177 g/mol. The fourth-order valence-electron chi connectivity index (χ4n) is 2.48. The number of likely N-dealkylation sites (tertiary alicyclic amines) is 1. The number of hydrogen-bond donors (Lipinski definition) is 1. The van der Waals surface area contributed by atoms with E-state index in [9.17, 15) is 0 Å². The lowest BCUT2D eigenvalue weighted by molar-refractivity contribution is 0.203. The Labute approximate surface area is 78.2 Å². The number of rotatable bonds is 2. The molecule has 1 saturated heterocycles. The van der Waals surface area contributed by atoms with E-state index in [1.165, 1.54) is 25.8 Å². The van der Waals surface area contributed by atoms with Crippen molar-refractivity contribution in [2.45, 2.75) is 31.8 Å². The van der Waals surface area contributed by atoms with E-state index in [1.54, 1.807) is 0 Å². The lowest BCUT2D eigenvalue weighted by Gasteiger charge is -2.25. The number of aromatic amines is 1. The molecule has 1 aromatic rings. The summed E-state index contributed by atoms with van der Waals surface area (Å²) in [5, 5.41) is 0. The molecule has 13 heavy (non-hydrogen) atoms. The third-order valence-electron chi connectivity index (χ3n) is 3.28. The van der Waals surface area contributed by atoms with Gasteiger partial charge in [0.25, 0.3) is 0 Å². The van der Waals surface area contributed by atoms with Crippen LogP contribution in [0, 0.1) is 5.92 Å². The molecule has 0 amide bonds. The highest BCUT2D eigenvalue weighted by molar-refractivity contribution is 5.00. The van der Waals surface area contributed by atoms with Crippen LogP contribution in [0.5, 0.6) is 0 Å². The second-order valence-corrected chi connectivity index (χ2v) is 4.21. The molecule has 1 aromatic heterocycles. The topological polar surface area (TPSA) is 31.9 Å². The Balaban J connectivity index is 1.66. The zero-order chi connectivity index (χ0) is 8.67. The Morgan fingerprint density at radius 3 is 3.46 bits per heavy atom. The van der Waals surface area contributed by atoms with Crippen LogP contribution in [0.25, 0.3) is 0 Å². The predicted molar refractivity (Wildman–Crippen MR) is 50.1 cm³/mol. The molecule has 3 nitrogen and oxygen atoms in total. The van der Waals surface area contributed by atoms with E-state index >= 15 is 0 Å². The highest BCUT2D eigenvalue weighted by Crippen LogP contribution is 2.43. The SMILES string of the molecule is c1c[nH]c(CN2CCC[C@@H]3C[C@@H]32)n1. The van der Waals surface area contributed by atoms with Crippen LogP contribution >= 0.6 is 0 Å². The minimum absolute atomic E-state index is 0.888. The van der Waals surface area contributed by atoms with Crippen molar-refractivity contribution in [3.63, 3.8) is 0 Å². The number of hydrogen-bond acceptors (Lipinski definition) is 2. The molecule has 1 aliphatic carbocycles. The number of nitrogens with zero attached hydrogens (tertiary/aromatic N) is 2. The normalized spacial score (nSPS) is 32.9. The first-order chi connectivity index (χ1) is 6.43. The molecule has 1 N–H and O–H groups in total. The van der Waals surface area contributed by atoms with Crippen LogP contribution in [0.3, 0.4) is 0 Å². The number of fused-ring (bicyclic) bond motifs is 1. The number of H-pyrrole nitrogens is 1. The van der Waals surface area contributed by atoms with Crippen molar-refractivity contribution >= 4 is 0 Å². The molecule has 2 heterocycles. The van der Waals surface area contributed by atoms with Crippen molar-refractivity contribution < 1.29 is 0 Å². The van der Waals surface area contributed by atoms with Gasteiger partial charge in [0, 0.05) is 18.4 Å². The van der Waals surface area contributed by atoms with Crippen molar-refractivity contribution in [3.8, 4) is 0 Å². The lowest BCUT2D eigenvalue weighted by Crippen LogP contribution is -2.31. The van der Waals surface area contributed by atoms with Crippen LogP contribution in [0.1, 0.15) is 25.1 Å². The van der Waals surface area contributed by atoms with Gasteiger partial charge in [-0.05, 0) is 31.7 Å². The van der Waals surface area contributed by atoms with Crippen molar-refractivity contribution in [2.75, 3.05) is 6.54 Å². The summed E-state index contributed by atoms with van der Waals surface area (Å²) in [7, 11) is 0. The van der Waals surface area contributed by atoms with Gasteiger partial charge >= 0.3 is 0 Å². The Bertz CT molecular complexity index is 280. The average Bonchev–Trinajstić information content (AvgIpc) is 2.77. The van der Waals surface area contributed by atoms with Crippen LogP contribution in [0.4, 0.5) is 0 Å². The fourth-order valence-corrected chi connectivity index (χ4v) is 2.48. The molecule has 70 valence electrons. The maximum absolute atomic E-state index is 4.27. The summed E-state index contributed by atoms with van der Waals surface area (Å²) in [6.07, 6.45) is 8.01. The van der Waals surface area contributed by atoms with E-state index in [0.29, 0.717) is 0 Å². The van der Waals surface area contributed by atoms with Gasteiger partial charge in [0.15, 0.2) is 0 Å². The molecule has 0 spiro atoms. The minimum atomic E-state index is 0.888. The van der Waals surface area contributed by atoms with Gasteiger partial charge in [-0.1, -0.05) is 0 Å². The highest BCUT2D eigenvalue weighted by Gasteiger charge is 2.43. The summed E-state index contributed by atoms with van der Waals surface area (Å²) >= 11 is 0. The van der Waals surface area contributed by atoms with Crippen molar-refractivity contribution in [1.29, 1.82) is 0 Å².